The van der Waals surface area contributed by atoms with Crippen LogP contribution in [0.1, 0.15) is 13.8 Å². The van der Waals surface area contributed by atoms with E-state index in [-0.39, 0.29) is 0 Å². The summed E-state index contributed by atoms with van der Waals surface area (Å²) in [6.45, 7) is 7.74. The molecule has 2 heterocycles. The molecule has 0 unspecified atom stereocenters. The monoisotopic (exact) mass is 367 g/mol. The van der Waals surface area contributed by atoms with Gasteiger partial charge in [-0.05, 0) is 43.4 Å². The maximum Gasteiger partial charge on any atom is 0.325 e. The van der Waals surface area contributed by atoms with Crippen LogP contribution in [0.2, 0.25) is 0 Å². The molecule has 1 amide bonds. The molecule has 0 aliphatic carbocycles. The lowest BCUT2D eigenvalue weighted by Gasteiger charge is -2.17. The fourth-order valence-electron chi connectivity index (χ4n) is 2.98. The summed E-state index contributed by atoms with van der Waals surface area (Å²) in [6, 6.07) is 11.0. The Morgan fingerprint density at radius 2 is 2.07 bits per heavy atom. The quantitative estimate of drug-likeness (QED) is 0.671. The van der Waals surface area contributed by atoms with Crippen LogP contribution in [0.4, 0.5) is 4.79 Å². The average Bonchev–Trinajstić information content (AvgIpc) is 3.08. The van der Waals surface area contributed by atoms with Crippen molar-refractivity contribution in [3.8, 4) is 17.0 Å². The summed E-state index contributed by atoms with van der Waals surface area (Å²) in [4.78, 5) is 29.2. The average molecular weight is 367 g/mol. The van der Waals surface area contributed by atoms with Crippen LogP contribution in [-0.2, 0) is 0 Å². The molecule has 7 nitrogen and oxygen atoms in total. The molecule has 0 saturated heterocycles. The largest absolute Gasteiger partial charge is 0.492 e. The van der Waals surface area contributed by atoms with Crippen LogP contribution in [0, 0.1) is 6.07 Å². The van der Waals surface area contributed by atoms with E-state index >= 15 is 0 Å². The van der Waals surface area contributed by atoms with Gasteiger partial charge < -0.3 is 20.4 Å². The molecule has 27 heavy (non-hydrogen) atoms. The zero-order valence-corrected chi connectivity index (χ0v) is 15.5. The first-order chi connectivity index (χ1) is 13.0. The van der Waals surface area contributed by atoms with Crippen LogP contribution in [0.15, 0.2) is 41.3 Å². The van der Waals surface area contributed by atoms with E-state index in [9.17, 15) is 9.59 Å². The summed E-state index contributed by atoms with van der Waals surface area (Å²) in [5.74, 6) is 0.773. The molecule has 0 atom stereocenters. The molecule has 3 N–H and O–H groups in total. The fourth-order valence-corrected chi connectivity index (χ4v) is 2.98. The Labute approximate surface area is 157 Å². The van der Waals surface area contributed by atoms with E-state index in [1.807, 2.05) is 24.3 Å². The highest BCUT2D eigenvalue weighted by atomic mass is 16.5. The molecule has 0 fully saturated rings. The summed E-state index contributed by atoms with van der Waals surface area (Å²) in [5, 5.41) is 0.916. The number of ether oxygens (including phenoxy) is 1. The molecule has 1 aromatic carbocycles. The second-order valence-corrected chi connectivity index (χ2v) is 6.17. The minimum Gasteiger partial charge on any atom is -0.492 e. The Morgan fingerprint density at radius 1 is 1.30 bits per heavy atom. The first-order valence-electron chi connectivity index (χ1n) is 8.94. The summed E-state index contributed by atoms with van der Waals surface area (Å²) in [7, 11) is 0. The molecule has 3 rings (SSSR count). The third kappa shape index (κ3) is 4.03. The predicted molar refractivity (Wildman–Crippen MR) is 105 cm³/mol. The predicted octanol–water partition coefficient (Wildman–Crippen LogP) is 2.44. The highest BCUT2D eigenvalue weighted by Crippen LogP contribution is 2.25. The highest BCUT2D eigenvalue weighted by molar-refractivity contribution is 5.87. The lowest BCUT2D eigenvalue weighted by atomic mass is 10.2. The van der Waals surface area contributed by atoms with Crippen molar-refractivity contribution in [1.82, 2.24) is 14.5 Å². The van der Waals surface area contributed by atoms with Crippen LogP contribution in [0.5, 0.6) is 5.75 Å². The number of fused-ring (bicyclic) bond motifs is 1. The number of pyridine rings is 1. The molecule has 0 spiro atoms. The van der Waals surface area contributed by atoms with E-state index < -0.39 is 11.6 Å². The van der Waals surface area contributed by atoms with E-state index in [0.717, 1.165) is 40.9 Å². The zero-order valence-electron chi connectivity index (χ0n) is 15.5. The van der Waals surface area contributed by atoms with Gasteiger partial charge in [0.2, 0.25) is 0 Å². The van der Waals surface area contributed by atoms with Crippen molar-refractivity contribution in [3.63, 3.8) is 0 Å². The molecule has 0 aliphatic rings. The third-order valence-corrected chi connectivity index (χ3v) is 4.57. The molecular formula is C20H23N4O3. The van der Waals surface area contributed by atoms with Crippen molar-refractivity contribution >= 4 is 16.9 Å². The number of carbonyl (C=O) groups excluding carboxylic acids is 1. The van der Waals surface area contributed by atoms with Gasteiger partial charge >= 0.3 is 6.03 Å². The number of rotatable bonds is 7. The smallest absolute Gasteiger partial charge is 0.325 e. The van der Waals surface area contributed by atoms with Crippen LogP contribution < -0.4 is 16.0 Å². The number of H-pyrrole nitrogens is 1. The van der Waals surface area contributed by atoms with Crippen molar-refractivity contribution in [2.75, 3.05) is 26.2 Å². The van der Waals surface area contributed by atoms with Gasteiger partial charge in [0, 0.05) is 29.7 Å². The van der Waals surface area contributed by atoms with Crippen LogP contribution in [0.3, 0.4) is 0 Å². The van der Waals surface area contributed by atoms with E-state index in [0.29, 0.717) is 17.9 Å². The van der Waals surface area contributed by atoms with Crippen molar-refractivity contribution in [1.29, 1.82) is 0 Å². The molecule has 0 bridgehead atoms. The number of primary amides is 1. The molecule has 3 aromatic rings. The number of aromatic nitrogens is 2. The van der Waals surface area contributed by atoms with Gasteiger partial charge in [0.1, 0.15) is 12.4 Å². The maximum absolute atomic E-state index is 12.4. The number of nitrogens with zero attached hydrogens (tertiary/aromatic N) is 2. The van der Waals surface area contributed by atoms with Gasteiger partial charge in [-0.25, -0.2) is 9.36 Å². The number of nitrogens with two attached hydrogens (primary N) is 1. The Morgan fingerprint density at radius 3 is 2.78 bits per heavy atom. The number of aromatic amines is 1. The SMILES string of the molecule is CCN(CC)CCOc1ccc2[nH]c(-c3c[c]cn(C(N)=O)c3=O)cc2c1. The lowest BCUT2D eigenvalue weighted by molar-refractivity contribution is 0.223. The molecule has 2 aromatic heterocycles. The van der Waals surface area contributed by atoms with E-state index in [1.54, 1.807) is 0 Å². The summed E-state index contributed by atoms with van der Waals surface area (Å²) in [6.07, 6.45) is 1.23. The zero-order chi connectivity index (χ0) is 19.4. The molecule has 0 saturated carbocycles. The third-order valence-electron chi connectivity index (χ3n) is 4.57. The fraction of sp³-hybridized carbons (Fsp3) is 0.300. The van der Waals surface area contributed by atoms with Gasteiger partial charge in [-0.1, -0.05) is 13.8 Å². The van der Waals surface area contributed by atoms with Gasteiger partial charge in [-0.2, -0.15) is 0 Å². The highest BCUT2D eigenvalue weighted by Gasteiger charge is 2.12. The Hall–Kier alpha value is -3.06. The number of nitrogens with one attached hydrogen (secondary N) is 1. The van der Waals surface area contributed by atoms with Gasteiger partial charge in [0.05, 0.1) is 11.3 Å². The number of hydrogen-bond acceptors (Lipinski definition) is 4. The minimum atomic E-state index is -0.835. The van der Waals surface area contributed by atoms with Crippen LogP contribution >= 0.6 is 0 Å². The standard InChI is InChI=1S/C20H23N4O3/c1-3-23(4-2)10-11-27-15-7-8-17-14(12-15)13-18(22-17)16-6-5-9-24(19(16)25)20(21)26/h6-9,12-13,22H,3-4,10-11H2,1-2H3,(H2,21,26). The number of amides is 1. The van der Waals surface area contributed by atoms with E-state index in [4.69, 9.17) is 10.5 Å². The lowest BCUT2D eigenvalue weighted by Crippen LogP contribution is -2.31. The van der Waals surface area contributed by atoms with Gasteiger partial charge in [0.15, 0.2) is 0 Å². The Bertz CT molecular complexity index is 1000. The van der Waals surface area contributed by atoms with Crippen molar-refractivity contribution < 1.29 is 9.53 Å². The first-order valence-corrected chi connectivity index (χ1v) is 8.94. The molecule has 141 valence electrons. The van der Waals surface area contributed by atoms with Gasteiger partial charge in [-0.3, -0.25) is 4.79 Å². The topological polar surface area (TPSA) is 93.3 Å². The van der Waals surface area contributed by atoms with E-state index in [2.05, 4.69) is 29.8 Å². The van der Waals surface area contributed by atoms with Crippen LogP contribution in [-0.4, -0.2) is 46.7 Å². The summed E-state index contributed by atoms with van der Waals surface area (Å²) < 4.78 is 6.68. The van der Waals surface area contributed by atoms with Gasteiger partial charge in [-0.15, -0.1) is 0 Å². The van der Waals surface area contributed by atoms with Crippen molar-refractivity contribution in [3.05, 3.63) is 52.9 Å². The summed E-state index contributed by atoms with van der Waals surface area (Å²) >= 11 is 0. The Balaban J connectivity index is 1.83. The molecular weight excluding hydrogens is 344 g/mol. The molecule has 1 radical (unpaired) electrons. The summed E-state index contributed by atoms with van der Waals surface area (Å²) in [5.41, 5.74) is 6.53. The van der Waals surface area contributed by atoms with Crippen LogP contribution in [0.25, 0.3) is 22.2 Å². The molecule has 0 aliphatic heterocycles. The number of likely N-dealkylation sites (N-methyl/N-ethyl adjacent to an activating group) is 1. The number of benzene rings is 1. The maximum atomic E-state index is 12.4. The first kappa shape index (κ1) is 18.7. The van der Waals surface area contributed by atoms with E-state index in [1.165, 1.54) is 12.3 Å². The normalized spacial score (nSPS) is 11.2. The molecule has 7 heteroatoms. The van der Waals surface area contributed by atoms with Gasteiger partial charge in [0.25, 0.3) is 5.56 Å². The number of carbonyl (C=O) groups is 1. The van der Waals surface area contributed by atoms with Crippen molar-refractivity contribution in [2.45, 2.75) is 13.8 Å². The number of hydrogen-bond donors (Lipinski definition) is 2. The Kier molecular flexibility index (Phi) is 5.61. The minimum absolute atomic E-state index is 0.330. The second-order valence-electron chi connectivity index (χ2n) is 6.17. The second kappa shape index (κ2) is 8.09. The van der Waals surface area contributed by atoms with Crippen molar-refractivity contribution in [2.24, 2.45) is 5.73 Å².